The topological polar surface area (TPSA) is 89.3 Å². The van der Waals surface area contributed by atoms with Crippen molar-refractivity contribution in [3.8, 4) is 0 Å². The zero-order valence-corrected chi connectivity index (χ0v) is 13.5. The van der Waals surface area contributed by atoms with Crippen LogP contribution in [0.3, 0.4) is 0 Å². The monoisotopic (exact) mass is 324 g/mol. The van der Waals surface area contributed by atoms with Gasteiger partial charge < -0.3 is 11.1 Å². The zero-order valence-electron chi connectivity index (χ0n) is 11.9. The van der Waals surface area contributed by atoms with Crippen LogP contribution in [0.25, 0.3) is 0 Å². The highest BCUT2D eigenvalue weighted by atomic mass is 35.5. The molecule has 2 saturated carbocycles. The maximum Gasteiger partial charge on any atom is 0.223 e. The smallest absolute Gasteiger partial charge is 0.223 e. The van der Waals surface area contributed by atoms with E-state index >= 15 is 0 Å². The number of hydrogen-bond donors (Lipinski definition) is 2. The fourth-order valence-electron chi connectivity index (χ4n) is 3.51. The van der Waals surface area contributed by atoms with Gasteiger partial charge in [-0.25, -0.2) is 8.42 Å². The highest BCUT2D eigenvalue weighted by Gasteiger charge is 2.40. The lowest BCUT2D eigenvalue weighted by Crippen LogP contribution is -2.49. The average Bonchev–Trinajstić information content (AvgIpc) is 2.26. The number of nitrogens with one attached hydrogen (secondary N) is 1. The summed E-state index contributed by atoms with van der Waals surface area (Å²) in [6.45, 7) is 0.218. The van der Waals surface area contributed by atoms with E-state index in [0.717, 1.165) is 25.7 Å². The molecule has 2 fully saturated rings. The molecular formula is C13H25ClN2O3S. The minimum Gasteiger partial charge on any atom is -0.355 e. The van der Waals surface area contributed by atoms with Crippen molar-refractivity contribution < 1.29 is 13.2 Å². The molecule has 0 radical (unpaired) electrons. The molecule has 20 heavy (non-hydrogen) atoms. The highest BCUT2D eigenvalue weighted by Crippen LogP contribution is 2.41. The van der Waals surface area contributed by atoms with Gasteiger partial charge in [0.05, 0.1) is 5.75 Å². The number of halogens is 1. The minimum absolute atomic E-state index is 0. The average molecular weight is 325 g/mol. The van der Waals surface area contributed by atoms with Crippen LogP contribution in [0.4, 0.5) is 0 Å². The normalized spacial score (nSPS) is 33.1. The molecule has 0 aromatic carbocycles. The summed E-state index contributed by atoms with van der Waals surface area (Å²) in [5, 5.41) is 2.75. The molecule has 0 saturated heterocycles. The third-order valence-electron chi connectivity index (χ3n) is 4.56. The van der Waals surface area contributed by atoms with E-state index in [1.807, 2.05) is 0 Å². The van der Waals surface area contributed by atoms with Crippen LogP contribution >= 0.6 is 12.4 Å². The molecule has 2 aliphatic carbocycles. The first-order valence-electron chi connectivity index (χ1n) is 7.08. The van der Waals surface area contributed by atoms with Crippen molar-refractivity contribution in [3.63, 3.8) is 0 Å². The molecule has 0 aromatic heterocycles. The Morgan fingerprint density at radius 3 is 2.30 bits per heavy atom. The Morgan fingerprint density at radius 2 is 1.80 bits per heavy atom. The Balaban J connectivity index is 0.00000200. The Morgan fingerprint density at radius 1 is 1.25 bits per heavy atom. The van der Waals surface area contributed by atoms with Gasteiger partial charge in [0, 0.05) is 24.8 Å². The number of hydrogen-bond acceptors (Lipinski definition) is 4. The minimum atomic E-state index is -3.01. The van der Waals surface area contributed by atoms with E-state index < -0.39 is 9.84 Å². The molecule has 3 N–H and O–H groups in total. The molecule has 2 unspecified atom stereocenters. The molecule has 1 amide bonds. The van der Waals surface area contributed by atoms with Gasteiger partial charge in [0.2, 0.25) is 5.91 Å². The van der Waals surface area contributed by atoms with Crippen molar-refractivity contribution in [2.24, 2.45) is 23.5 Å². The van der Waals surface area contributed by atoms with Gasteiger partial charge in [-0.05, 0) is 37.5 Å². The second-order valence-electron chi connectivity index (χ2n) is 6.12. The summed E-state index contributed by atoms with van der Waals surface area (Å²) in [4.78, 5) is 12.1. The third-order valence-corrected chi connectivity index (χ3v) is 5.50. The molecule has 0 aliphatic heterocycles. The molecule has 2 aliphatic rings. The fraction of sp³-hybridized carbons (Fsp3) is 0.923. The number of sulfone groups is 1. The van der Waals surface area contributed by atoms with Crippen LogP contribution in [0.15, 0.2) is 0 Å². The van der Waals surface area contributed by atoms with Crippen LogP contribution in [0.1, 0.15) is 32.1 Å². The number of fused-ring (bicyclic) bond motifs is 2. The van der Waals surface area contributed by atoms with Crippen LogP contribution in [0.2, 0.25) is 0 Å². The molecule has 2 rings (SSSR count). The molecule has 0 heterocycles. The fourth-order valence-corrected chi connectivity index (χ4v) is 3.98. The van der Waals surface area contributed by atoms with E-state index in [4.69, 9.17) is 5.73 Å². The first-order valence-corrected chi connectivity index (χ1v) is 9.14. The number of carbonyl (C=O) groups is 1. The standard InChI is InChI=1S/C13H24N2O3S.ClH/c1-19(17,18)6-5-15-13(16)11-7-9-3-2-4-10(8-11)12(9)14;/h9-12H,2-8,14H2,1H3,(H,15,16);1H. The second kappa shape index (κ2) is 7.09. The van der Waals surface area contributed by atoms with Gasteiger partial charge in [0.15, 0.2) is 0 Å². The van der Waals surface area contributed by atoms with E-state index in [0.29, 0.717) is 11.8 Å². The largest absolute Gasteiger partial charge is 0.355 e. The summed E-state index contributed by atoms with van der Waals surface area (Å²) in [5.74, 6) is 0.983. The maximum atomic E-state index is 12.1. The second-order valence-corrected chi connectivity index (χ2v) is 8.38. The predicted octanol–water partition coefficient (Wildman–Crippen LogP) is 0.723. The molecular weight excluding hydrogens is 300 g/mol. The van der Waals surface area contributed by atoms with Gasteiger partial charge in [-0.2, -0.15) is 0 Å². The summed E-state index contributed by atoms with van der Waals surface area (Å²) in [6.07, 6.45) is 6.40. The van der Waals surface area contributed by atoms with Crippen molar-refractivity contribution in [1.29, 1.82) is 0 Å². The summed E-state index contributed by atoms with van der Waals surface area (Å²) in [6, 6.07) is 0.258. The lowest BCUT2D eigenvalue weighted by atomic mass is 9.65. The van der Waals surface area contributed by atoms with Crippen LogP contribution < -0.4 is 11.1 Å². The van der Waals surface area contributed by atoms with Crippen LogP contribution in [-0.4, -0.2) is 38.9 Å². The molecule has 118 valence electrons. The van der Waals surface area contributed by atoms with Gasteiger partial charge in [-0.1, -0.05) is 6.42 Å². The van der Waals surface area contributed by atoms with E-state index in [1.54, 1.807) is 0 Å². The molecule has 2 atom stereocenters. The van der Waals surface area contributed by atoms with Crippen molar-refractivity contribution >= 4 is 28.2 Å². The summed E-state index contributed by atoms with van der Waals surface area (Å²) in [7, 11) is -3.01. The van der Waals surface area contributed by atoms with Crippen molar-refractivity contribution in [3.05, 3.63) is 0 Å². The Hall–Kier alpha value is -0.330. The van der Waals surface area contributed by atoms with Gasteiger partial charge in [-0.15, -0.1) is 12.4 Å². The number of nitrogens with two attached hydrogens (primary N) is 1. The first kappa shape index (κ1) is 17.7. The van der Waals surface area contributed by atoms with Gasteiger partial charge in [0.1, 0.15) is 9.84 Å². The van der Waals surface area contributed by atoms with Crippen molar-refractivity contribution in [1.82, 2.24) is 5.32 Å². The van der Waals surface area contributed by atoms with Crippen LogP contribution in [0, 0.1) is 17.8 Å². The number of rotatable bonds is 4. The molecule has 5 nitrogen and oxygen atoms in total. The predicted molar refractivity (Wildman–Crippen MR) is 81.5 cm³/mol. The van der Waals surface area contributed by atoms with Crippen LogP contribution in [0.5, 0.6) is 0 Å². The number of amides is 1. The van der Waals surface area contributed by atoms with E-state index in [9.17, 15) is 13.2 Å². The quantitative estimate of drug-likeness (QED) is 0.797. The molecule has 2 bridgehead atoms. The van der Waals surface area contributed by atoms with Gasteiger partial charge in [0.25, 0.3) is 0 Å². The lowest BCUT2D eigenvalue weighted by Gasteiger charge is -2.43. The Kier molecular flexibility index (Phi) is 6.28. The molecule has 7 heteroatoms. The summed E-state index contributed by atoms with van der Waals surface area (Å²) < 4.78 is 22.0. The van der Waals surface area contributed by atoms with Crippen LogP contribution in [-0.2, 0) is 14.6 Å². The Bertz CT molecular complexity index is 427. The first-order chi connectivity index (χ1) is 8.87. The zero-order chi connectivity index (χ0) is 14.0. The third kappa shape index (κ3) is 4.60. The van der Waals surface area contributed by atoms with E-state index in [-0.39, 0.29) is 42.6 Å². The highest BCUT2D eigenvalue weighted by molar-refractivity contribution is 7.90. The lowest BCUT2D eigenvalue weighted by molar-refractivity contribution is -0.127. The Labute approximate surface area is 127 Å². The maximum absolute atomic E-state index is 12.1. The summed E-state index contributed by atoms with van der Waals surface area (Å²) in [5.41, 5.74) is 6.19. The van der Waals surface area contributed by atoms with E-state index in [2.05, 4.69) is 5.32 Å². The van der Waals surface area contributed by atoms with Crippen molar-refractivity contribution in [2.75, 3.05) is 18.6 Å². The molecule has 0 spiro atoms. The van der Waals surface area contributed by atoms with Crippen molar-refractivity contribution in [2.45, 2.75) is 38.1 Å². The SMILES string of the molecule is CS(=O)(=O)CCNC(=O)C1CC2CCCC(C1)C2N.Cl. The van der Waals surface area contributed by atoms with Gasteiger partial charge in [-0.3, -0.25) is 4.79 Å². The summed E-state index contributed by atoms with van der Waals surface area (Å²) >= 11 is 0. The van der Waals surface area contributed by atoms with E-state index in [1.165, 1.54) is 12.7 Å². The number of carbonyl (C=O) groups excluding carboxylic acids is 1. The van der Waals surface area contributed by atoms with Gasteiger partial charge >= 0.3 is 0 Å². The molecule has 0 aromatic rings.